The number of rotatable bonds is 4. The Morgan fingerprint density at radius 1 is 0.718 bits per heavy atom. The second-order valence-corrected chi connectivity index (χ2v) is 10.9. The largest absolute Gasteiger partial charge is 0.371 e. The first-order valence-electron chi connectivity index (χ1n) is 14.4. The minimum absolute atomic E-state index is 0.111. The molecule has 0 aliphatic carbocycles. The summed E-state index contributed by atoms with van der Waals surface area (Å²) in [5.41, 5.74) is 8.23. The Kier molecular flexibility index (Phi) is 6.28. The van der Waals surface area contributed by atoms with Gasteiger partial charge in [0.25, 0.3) is 5.91 Å². The zero-order valence-electron chi connectivity index (χ0n) is 22.3. The van der Waals surface area contributed by atoms with Crippen LogP contribution >= 0.6 is 0 Å². The minimum atomic E-state index is 0.111. The molecule has 196 valence electrons. The van der Waals surface area contributed by atoms with Crippen molar-refractivity contribution in [3.05, 3.63) is 84.6 Å². The summed E-state index contributed by atoms with van der Waals surface area (Å²) < 4.78 is 0. The van der Waals surface area contributed by atoms with Gasteiger partial charge in [0.2, 0.25) is 0 Å². The van der Waals surface area contributed by atoms with Crippen LogP contribution in [0.4, 0.5) is 5.69 Å². The second-order valence-electron chi connectivity index (χ2n) is 10.9. The van der Waals surface area contributed by atoms with Gasteiger partial charge in [-0.3, -0.25) is 4.79 Å². The predicted octanol–water partition coefficient (Wildman–Crippen LogP) is 7.67. The van der Waals surface area contributed by atoms with Crippen molar-refractivity contribution in [2.24, 2.45) is 0 Å². The minimum Gasteiger partial charge on any atom is -0.371 e. The van der Waals surface area contributed by atoms with E-state index in [0.717, 1.165) is 83.3 Å². The highest BCUT2D eigenvalue weighted by Gasteiger charge is 2.25. The van der Waals surface area contributed by atoms with Gasteiger partial charge in [-0.25, -0.2) is 4.98 Å². The molecule has 3 aromatic carbocycles. The van der Waals surface area contributed by atoms with Crippen LogP contribution in [-0.4, -0.2) is 47.0 Å². The number of anilines is 1. The normalized spacial score (nSPS) is 16.2. The maximum atomic E-state index is 13.6. The topological polar surface area (TPSA) is 52.2 Å². The number of hydrogen-bond acceptors (Lipinski definition) is 3. The number of carbonyl (C=O) groups excluding carboxylic acids is 1. The lowest BCUT2D eigenvalue weighted by Gasteiger charge is -2.31. The van der Waals surface area contributed by atoms with Crippen molar-refractivity contribution in [2.75, 3.05) is 31.1 Å². The molecule has 0 bridgehead atoms. The zero-order chi connectivity index (χ0) is 26.2. The molecule has 0 radical (unpaired) electrons. The highest BCUT2D eigenvalue weighted by atomic mass is 16.2. The van der Waals surface area contributed by atoms with E-state index in [1.54, 1.807) is 0 Å². The maximum Gasteiger partial charge on any atom is 0.270 e. The Labute approximate surface area is 229 Å². The third-order valence-electron chi connectivity index (χ3n) is 8.39. The Morgan fingerprint density at radius 3 is 2.05 bits per heavy atom. The van der Waals surface area contributed by atoms with Crippen LogP contribution in [0.1, 0.15) is 49.0 Å². The molecule has 0 spiro atoms. The van der Waals surface area contributed by atoms with E-state index < -0.39 is 0 Å². The van der Waals surface area contributed by atoms with Crippen molar-refractivity contribution in [1.29, 1.82) is 0 Å². The molecule has 1 amide bonds. The number of likely N-dealkylation sites (tertiary alicyclic amines) is 1. The number of pyridine rings is 1. The Bertz CT molecular complexity index is 1630. The molecule has 5 nitrogen and oxygen atoms in total. The number of aromatic amines is 1. The molecule has 0 unspecified atom stereocenters. The van der Waals surface area contributed by atoms with Crippen molar-refractivity contribution in [1.82, 2.24) is 14.9 Å². The molecule has 5 heteroatoms. The van der Waals surface area contributed by atoms with E-state index in [-0.39, 0.29) is 5.91 Å². The van der Waals surface area contributed by atoms with E-state index in [4.69, 9.17) is 4.98 Å². The Balaban J connectivity index is 1.49. The van der Waals surface area contributed by atoms with Crippen LogP contribution in [0.15, 0.2) is 78.9 Å². The number of benzene rings is 3. The monoisotopic (exact) mass is 514 g/mol. The summed E-state index contributed by atoms with van der Waals surface area (Å²) in [4.78, 5) is 27.0. The highest BCUT2D eigenvalue weighted by Crippen LogP contribution is 2.43. The molecule has 39 heavy (non-hydrogen) atoms. The first-order valence-corrected chi connectivity index (χ1v) is 14.4. The van der Waals surface area contributed by atoms with Gasteiger partial charge in [0, 0.05) is 48.1 Å². The summed E-state index contributed by atoms with van der Waals surface area (Å²) >= 11 is 0. The number of nitrogens with zero attached hydrogens (tertiary/aromatic N) is 3. The zero-order valence-corrected chi connectivity index (χ0v) is 22.3. The van der Waals surface area contributed by atoms with Crippen LogP contribution < -0.4 is 4.90 Å². The summed E-state index contributed by atoms with van der Waals surface area (Å²) in [6.45, 7) is 3.69. The molecule has 2 saturated heterocycles. The first kappa shape index (κ1) is 24.0. The molecule has 2 aliphatic heterocycles. The smallest absolute Gasteiger partial charge is 0.270 e. The second kappa shape index (κ2) is 10.2. The molecule has 7 rings (SSSR count). The number of hydrogen-bond donors (Lipinski definition) is 1. The summed E-state index contributed by atoms with van der Waals surface area (Å²) in [7, 11) is 0. The molecule has 2 aromatic heterocycles. The van der Waals surface area contributed by atoms with Gasteiger partial charge >= 0.3 is 0 Å². The lowest BCUT2D eigenvalue weighted by atomic mass is 9.97. The van der Waals surface area contributed by atoms with E-state index >= 15 is 0 Å². The van der Waals surface area contributed by atoms with Gasteiger partial charge in [-0.15, -0.1) is 0 Å². The maximum absolute atomic E-state index is 13.6. The third-order valence-corrected chi connectivity index (χ3v) is 8.39. The van der Waals surface area contributed by atoms with Crippen molar-refractivity contribution < 1.29 is 4.79 Å². The first-order chi connectivity index (χ1) is 19.3. The van der Waals surface area contributed by atoms with E-state index in [1.807, 2.05) is 11.0 Å². The van der Waals surface area contributed by atoms with Crippen molar-refractivity contribution >= 4 is 33.4 Å². The molecule has 1 N–H and O–H groups in total. The van der Waals surface area contributed by atoms with Gasteiger partial charge in [-0.05, 0) is 62.3 Å². The fraction of sp³-hybridized carbons (Fsp3) is 0.294. The number of nitrogens with one attached hydrogen (secondary N) is 1. The summed E-state index contributed by atoms with van der Waals surface area (Å²) in [6.07, 6.45) is 6.97. The lowest BCUT2D eigenvalue weighted by molar-refractivity contribution is 0.0719. The number of H-pyrrole nitrogens is 1. The average molecular weight is 515 g/mol. The number of fused-ring (bicyclic) bond motifs is 3. The summed E-state index contributed by atoms with van der Waals surface area (Å²) in [6, 6.07) is 27.5. The van der Waals surface area contributed by atoms with Gasteiger partial charge in [0.15, 0.2) is 0 Å². The lowest BCUT2D eigenvalue weighted by Crippen LogP contribution is -2.36. The number of carbonyl (C=O) groups is 1. The van der Waals surface area contributed by atoms with E-state index in [9.17, 15) is 4.79 Å². The molecular formula is C34H34N4O. The Hall–Kier alpha value is -4.12. The van der Waals surface area contributed by atoms with Crippen LogP contribution in [0.5, 0.6) is 0 Å². The summed E-state index contributed by atoms with van der Waals surface area (Å²) in [5.74, 6) is 0.111. The van der Waals surface area contributed by atoms with Crippen LogP contribution in [-0.2, 0) is 0 Å². The average Bonchev–Trinajstić information content (AvgIpc) is 3.42. The van der Waals surface area contributed by atoms with E-state index in [0.29, 0.717) is 5.69 Å². The van der Waals surface area contributed by atoms with Crippen molar-refractivity contribution in [3.63, 3.8) is 0 Å². The van der Waals surface area contributed by atoms with E-state index in [1.165, 1.54) is 31.2 Å². The summed E-state index contributed by atoms with van der Waals surface area (Å²) in [5, 5.41) is 2.26. The van der Waals surface area contributed by atoms with Crippen LogP contribution in [0.3, 0.4) is 0 Å². The fourth-order valence-electron chi connectivity index (χ4n) is 6.43. The van der Waals surface area contributed by atoms with Gasteiger partial charge in [-0.2, -0.15) is 0 Å². The molecule has 0 atom stereocenters. The SMILES string of the molecule is O=C(c1cc(N2CCCCC2)c2c(ccc3c(-c4ccccc4)c(-c4ccccc4)nc32)[nH]1)N1CCCCC1. The highest BCUT2D eigenvalue weighted by molar-refractivity contribution is 6.18. The van der Waals surface area contributed by atoms with Crippen molar-refractivity contribution in [3.8, 4) is 22.4 Å². The molecule has 4 heterocycles. The quantitative estimate of drug-likeness (QED) is 0.268. The van der Waals surface area contributed by atoms with Gasteiger partial charge in [0.05, 0.1) is 22.4 Å². The van der Waals surface area contributed by atoms with E-state index in [2.05, 4.69) is 82.7 Å². The number of amides is 1. The predicted molar refractivity (Wildman–Crippen MR) is 160 cm³/mol. The fourth-order valence-corrected chi connectivity index (χ4v) is 6.43. The standard InChI is InChI=1S/C34H34N4O/c39-34(38-21-11-4-12-22-38)28-23-29(37-19-9-3-10-20-37)31-27(35-28)18-17-26-30(24-13-5-1-6-14-24)32(36-33(26)31)25-15-7-2-8-16-25/h1-2,5-8,13-18,23,35H,3-4,9-12,19-22H2. The molecule has 2 aliphatic rings. The third kappa shape index (κ3) is 4.36. The molecule has 5 aromatic rings. The number of piperidine rings is 2. The number of aromatic nitrogens is 2. The Morgan fingerprint density at radius 2 is 1.36 bits per heavy atom. The van der Waals surface area contributed by atoms with Gasteiger partial charge in [-0.1, -0.05) is 60.7 Å². The van der Waals surface area contributed by atoms with Gasteiger partial charge in [0.1, 0.15) is 5.69 Å². The van der Waals surface area contributed by atoms with Crippen molar-refractivity contribution in [2.45, 2.75) is 38.5 Å². The molecule has 2 fully saturated rings. The van der Waals surface area contributed by atoms with Gasteiger partial charge < -0.3 is 14.8 Å². The van der Waals surface area contributed by atoms with Crippen LogP contribution in [0.25, 0.3) is 44.2 Å². The molecule has 0 saturated carbocycles. The van der Waals surface area contributed by atoms with Crippen LogP contribution in [0, 0.1) is 0 Å². The van der Waals surface area contributed by atoms with Crippen LogP contribution in [0.2, 0.25) is 0 Å². The molecular weight excluding hydrogens is 480 g/mol.